The summed E-state index contributed by atoms with van der Waals surface area (Å²) in [6.07, 6.45) is 0.922. The van der Waals surface area contributed by atoms with Gasteiger partial charge in [0.05, 0.1) is 19.4 Å². The van der Waals surface area contributed by atoms with Crippen molar-refractivity contribution in [3.8, 4) is 17.7 Å². The lowest BCUT2D eigenvalue weighted by molar-refractivity contribution is -0.137. The van der Waals surface area contributed by atoms with Gasteiger partial charge in [0.2, 0.25) is 11.8 Å². The van der Waals surface area contributed by atoms with Crippen LogP contribution < -0.4 is 15.8 Å². The molecule has 6 N–H and O–H groups in total. The van der Waals surface area contributed by atoms with Gasteiger partial charge in [-0.1, -0.05) is 23.4 Å². The van der Waals surface area contributed by atoms with Crippen LogP contribution in [0, 0.1) is 18.8 Å². The summed E-state index contributed by atoms with van der Waals surface area (Å²) in [6, 6.07) is 3.43. The van der Waals surface area contributed by atoms with Gasteiger partial charge in [-0.05, 0) is 32.3 Å². The number of pyridine rings is 1. The van der Waals surface area contributed by atoms with E-state index in [9.17, 15) is 15.3 Å². The van der Waals surface area contributed by atoms with Crippen molar-refractivity contribution in [2.24, 2.45) is 0 Å². The number of aliphatic hydroxyl groups excluding tert-OH is 1. The van der Waals surface area contributed by atoms with E-state index in [-0.39, 0.29) is 35.3 Å². The summed E-state index contributed by atoms with van der Waals surface area (Å²) < 4.78 is 5.08. The predicted octanol–water partition coefficient (Wildman–Crippen LogP) is 0.832. The summed E-state index contributed by atoms with van der Waals surface area (Å²) in [6.45, 7) is 1.16. The summed E-state index contributed by atoms with van der Waals surface area (Å²) in [5.74, 6) is 6.23. The Kier molecular flexibility index (Phi) is 5.82. The predicted molar refractivity (Wildman–Crippen MR) is 107 cm³/mol. The summed E-state index contributed by atoms with van der Waals surface area (Å²) in [7, 11) is 1.53. The molecule has 1 fully saturated rings. The molecule has 10 heteroatoms. The smallest absolute Gasteiger partial charge is 0.223 e. The van der Waals surface area contributed by atoms with Crippen molar-refractivity contribution < 1.29 is 20.1 Å². The number of aromatic nitrogens is 3. The van der Waals surface area contributed by atoms with Crippen molar-refractivity contribution in [3.63, 3.8) is 0 Å². The molecule has 0 aliphatic heterocycles. The Labute approximate surface area is 172 Å². The van der Waals surface area contributed by atoms with Crippen molar-refractivity contribution in [1.29, 1.82) is 0 Å². The highest BCUT2D eigenvalue weighted by Crippen LogP contribution is 2.40. The van der Waals surface area contributed by atoms with Crippen LogP contribution in [0.15, 0.2) is 12.1 Å². The Morgan fingerprint density at radius 3 is 2.66 bits per heavy atom. The first-order chi connectivity index (χ1) is 13.7. The van der Waals surface area contributed by atoms with Crippen LogP contribution >= 0.6 is 11.6 Å². The van der Waals surface area contributed by atoms with E-state index in [4.69, 9.17) is 22.1 Å². The molecular formula is C19H22ClN5O4. The number of halogens is 1. The first-order valence-corrected chi connectivity index (χ1v) is 9.29. The Hall–Kier alpha value is -2.64. The van der Waals surface area contributed by atoms with Gasteiger partial charge in [0.25, 0.3) is 0 Å². The van der Waals surface area contributed by atoms with Crippen molar-refractivity contribution in [2.75, 3.05) is 24.8 Å². The minimum Gasteiger partial charge on any atom is -0.481 e. The fourth-order valence-corrected chi connectivity index (χ4v) is 3.45. The number of ether oxygens (including phenoxy) is 1. The number of hydrogen-bond acceptors (Lipinski definition) is 9. The maximum Gasteiger partial charge on any atom is 0.223 e. The SMILES string of the molecule is COc1ccc(C#Cc2c(Cl)nc(N)nc2NC2(O)CCCC2(O)CO)c(C)n1. The quantitative estimate of drug-likeness (QED) is 0.276. The third-order valence-electron chi connectivity index (χ3n) is 4.96. The van der Waals surface area contributed by atoms with Gasteiger partial charge < -0.3 is 31.1 Å². The molecule has 0 bridgehead atoms. The van der Waals surface area contributed by atoms with Crippen LogP contribution in [-0.4, -0.2) is 55.3 Å². The first-order valence-electron chi connectivity index (χ1n) is 8.92. The lowest BCUT2D eigenvalue weighted by Gasteiger charge is -2.37. The van der Waals surface area contributed by atoms with E-state index in [1.54, 1.807) is 19.1 Å². The number of hydrogen-bond donors (Lipinski definition) is 5. The van der Waals surface area contributed by atoms with Gasteiger partial charge in [-0.15, -0.1) is 0 Å². The molecule has 1 aliphatic rings. The van der Waals surface area contributed by atoms with Gasteiger partial charge in [0.15, 0.2) is 16.7 Å². The second-order valence-corrected chi connectivity index (χ2v) is 7.22. The first kappa shape index (κ1) is 21.1. The Bertz CT molecular complexity index is 993. The van der Waals surface area contributed by atoms with Crippen LogP contribution in [0.5, 0.6) is 5.88 Å². The van der Waals surface area contributed by atoms with Crippen molar-refractivity contribution >= 4 is 23.4 Å². The number of anilines is 2. The van der Waals surface area contributed by atoms with Gasteiger partial charge >= 0.3 is 0 Å². The summed E-state index contributed by atoms with van der Waals surface area (Å²) in [5, 5.41) is 33.8. The van der Waals surface area contributed by atoms with E-state index >= 15 is 0 Å². The molecule has 29 heavy (non-hydrogen) atoms. The fraction of sp³-hybridized carbons (Fsp3) is 0.421. The van der Waals surface area contributed by atoms with Crippen LogP contribution in [0.25, 0.3) is 0 Å². The number of aliphatic hydroxyl groups is 3. The summed E-state index contributed by atoms with van der Waals surface area (Å²) in [5.41, 5.74) is 3.62. The normalized spacial score (nSPS) is 23.4. The molecule has 2 unspecified atom stereocenters. The molecule has 2 heterocycles. The fourth-order valence-electron chi connectivity index (χ4n) is 3.23. The highest BCUT2D eigenvalue weighted by atomic mass is 35.5. The van der Waals surface area contributed by atoms with Crippen molar-refractivity contribution in [2.45, 2.75) is 37.5 Å². The molecule has 2 aromatic heterocycles. The minimum absolute atomic E-state index is 0.0132. The zero-order chi connectivity index (χ0) is 21.2. The van der Waals surface area contributed by atoms with E-state index < -0.39 is 17.9 Å². The third kappa shape index (κ3) is 4.06. The lowest BCUT2D eigenvalue weighted by Crippen LogP contribution is -2.57. The van der Waals surface area contributed by atoms with Gasteiger partial charge in [0.1, 0.15) is 11.2 Å². The van der Waals surface area contributed by atoms with E-state index in [1.165, 1.54) is 7.11 Å². The molecule has 9 nitrogen and oxygen atoms in total. The van der Waals surface area contributed by atoms with Crippen LogP contribution in [0.4, 0.5) is 11.8 Å². The Morgan fingerprint density at radius 2 is 2.00 bits per heavy atom. The highest BCUT2D eigenvalue weighted by molar-refractivity contribution is 6.31. The molecule has 3 rings (SSSR count). The largest absolute Gasteiger partial charge is 0.481 e. The number of nitrogens with two attached hydrogens (primary N) is 1. The zero-order valence-corrected chi connectivity index (χ0v) is 16.8. The molecule has 0 amide bonds. The monoisotopic (exact) mass is 419 g/mol. The molecule has 0 saturated heterocycles. The molecule has 1 saturated carbocycles. The number of methoxy groups -OCH3 is 1. The van der Waals surface area contributed by atoms with Crippen LogP contribution in [0.2, 0.25) is 5.15 Å². The standard InChI is InChI=1S/C19H22ClN5O4/c1-11-12(5-7-14(22-11)29-2)4-6-13-15(20)23-17(21)24-16(13)25-19(28)9-3-8-18(19,27)10-26/h5,7,26-28H,3,8-10H2,1-2H3,(H3,21,23,24,25). The second-order valence-electron chi connectivity index (χ2n) is 6.86. The van der Waals surface area contributed by atoms with Gasteiger partial charge in [0, 0.05) is 11.6 Å². The number of nitrogen functional groups attached to an aromatic ring is 1. The number of aryl methyl sites for hydroxylation is 1. The molecule has 2 aromatic rings. The average molecular weight is 420 g/mol. The minimum atomic E-state index is -1.82. The second kappa shape index (κ2) is 8.00. The summed E-state index contributed by atoms with van der Waals surface area (Å²) >= 11 is 6.22. The maximum atomic E-state index is 10.9. The van der Waals surface area contributed by atoms with E-state index in [2.05, 4.69) is 32.1 Å². The topological polar surface area (TPSA) is 147 Å². The molecular weight excluding hydrogens is 398 g/mol. The molecule has 1 aliphatic carbocycles. The molecule has 2 atom stereocenters. The van der Waals surface area contributed by atoms with Crippen LogP contribution in [0.3, 0.4) is 0 Å². The molecule has 0 aromatic carbocycles. The average Bonchev–Trinajstić information content (AvgIpc) is 2.96. The van der Waals surface area contributed by atoms with Gasteiger partial charge in [-0.3, -0.25) is 0 Å². The van der Waals surface area contributed by atoms with E-state index in [0.717, 1.165) is 0 Å². The number of rotatable bonds is 4. The Morgan fingerprint density at radius 1 is 1.24 bits per heavy atom. The van der Waals surface area contributed by atoms with Gasteiger partial charge in [-0.25, -0.2) is 4.98 Å². The number of nitrogens with one attached hydrogen (secondary N) is 1. The van der Waals surface area contributed by atoms with E-state index in [0.29, 0.717) is 23.6 Å². The maximum absolute atomic E-state index is 10.9. The molecule has 0 radical (unpaired) electrons. The third-order valence-corrected chi connectivity index (χ3v) is 5.23. The van der Waals surface area contributed by atoms with Crippen LogP contribution in [-0.2, 0) is 0 Å². The summed E-state index contributed by atoms with van der Waals surface area (Å²) in [4.78, 5) is 12.3. The van der Waals surface area contributed by atoms with Crippen molar-refractivity contribution in [3.05, 3.63) is 34.1 Å². The van der Waals surface area contributed by atoms with Gasteiger partial charge in [-0.2, -0.15) is 9.97 Å². The van der Waals surface area contributed by atoms with Crippen LogP contribution in [0.1, 0.15) is 36.1 Å². The Balaban J connectivity index is 2.02. The zero-order valence-electron chi connectivity index (χ0n) is 16.0. The molecule has 154 valence electrons. The lowest BCUT2D eigenvalue weighted by atomic mass is 9.94. The highest BCUT2D eigenvalue weighted by Gasteiger charge is 2.53. The van der Waals surface area contributed by atoms with E-state index in [1.807, 2.05) is 0 Å². The molecule has 0 spiro atoms. The van der Waals surface area contributed by atoms with Crippen molar-refractivity contribution in [1.82, 2.24) is 15.0 Å². The number of nitrogens with zero attached hydrogens (tertiary/aromatic N) is 3.